The lowest BCUT2D eigenvalue weighted by molar-refractivity contribution is 0.0554. The van der Waals surface area contributed by atoms with E-state index in [1.807, 2.05) is 18.2 Å². The predicted molar refractivity (Wildman–Crippen MR) is 141 cm³/mol. The molecule has 0 radical (unpaired) electrons. The van der Waals surface area contributed by atoms with Crippen molar-refractivity contribution in [3.63, 3.8) is 0 Å². The summed E-state index contributed by atoms with van der Waals surface area (Å²) < 4.78 is 22.2. The Morgan fingerprint density at radius 3 is 2.40 bits per heavy atom. The Morgan fingerprint density at radius 1 is 1.11 bits per heavy atom. The molecule has 1 heterocycles. The van der Waals surface area contributed by atoms with Crippen LogP contribution in [-0.2, 0) is 17.9 Å². The third-order valence-corrected chi connectivity index (χ3v) is 8.80. The molecule has 1 aromatic heterocycles. The molecule has 0 saturated heterocycles. The summed E-state index contributed by atoms with van der Waals surface area (Å²) in [5, 5.41) is 11.3. The first-order valence-electron chi connectivity index (χ1n) is 12.0. The number of carbonyl (C=O) groups is 1. The highest BCUT2D eigenvalue weighted by molar-refractivity contribution is 6.77. The summed E-state index contributed by atoms with van der Waals surface area (Å²) in [6, 6.07) is 14.5. The van der Waals surface area contributed by atoms with Crippen LogP contribution < -0.4 is 5.32 Å². The average molecular weight is 498 g/mol. The molecule has 8 heteroatoms. The number of nitrogens with zero attached hydrogens (tertiary/aromatic N) is 2. The lowest BCUT2D eigenvalue weighted by Gasteiger charge is -2.26. The van der Waals surface area contributed by atoms with Crippen molar-refractivity contribution in [1.82, 2.24) is 14.9 Å². The average Bonchev–Trinajstić information content (AvgIpc) is 3.17. The number of amides is 1. The second-order valence-electron chi connectivity index (χ2n) is 10.2. The molecule has 0 saturated carbocycles. The number of halogens is 1. The molecule has 1 atom stereocenters. The smallest absolute Gasteiger partial charge is 0.404 e. The van der Waals surface area contributed by atoms with Crippen molar-refractivity contribution in [2.75, 3.05) is 6.54 Å². The third-order valence-electron chi connectivity index (χ3n) is 6.19. The van der Waals surface area contributed by atoms with E-state index in [4.69, 9.17) is 14.8 Å². The van der Waals surface area contributed by atoms with Crippen LogP contribution in [0.2, 0.25) is 19.6 Å². The fraction of sp³-hybridized carbons (Fsp3) is 0.407. The predicted octanol–water partition coefficient (Wildman–Crippen LogP) is 6.53. The second-order valence-corrected chi connectivity index (χ2v) is 15.8. The molecule has 3 aromatic rings. The zero-order chi connectivity index (χ0) is 25.8. The normalized spacial score (nSPS) is 12.7. The van der Waals surface area contributed by atoms with Crippen LogP contribution in [0.25, 0.3) is 22.5 Å². The van der Waals surface area contributed by atoms with E-state index in [9.17, 15) is 9.18 Å². The largest absolute Gasteiger partial charge is 0.465 e. The molecule has 35 heavy (non-hydrogen) atoms. The van der Waals surface area contributed by atoms with Crippen LogP contribution in [0.5, 0.6) is 0 Å². The van der Waals surface area contributed by atoms with E-state index in [2.05, 4.69) is 56.4 Å². The minimum absolute atomic E-state index is 0.150. The molecule has 1 amide bonds. The van der Waals surface area contributed by atoms with E-state index in [1.54, 1.807) is 12.1 Å². The summed E-state index contributed by atoms with van der Waals surface area (Å²) in [6.07, 6.45) is -0.464. The quantitative estimate of drug-likeness (QED) is 0.312. The molecule has 2 N–H and O–H groups in total. The fourth-order valence-corrected chi connectivity index (χ4v) is 4.34. The SMILES string of the molecule is CC(C)c1nc(-c2ccc(F)cc2)c(-c2cccc(CCNC(=O)O)c2)n1COC(C)[Si](C)(C)C. The third kappa shape index (κ3) is 6.79. The lowest BCUT2D eigenvalue weighted by atomic mass is 10.0. The topological polar surface area (TPSA) is 76.4 Å². The van der Waals surface area contributed by atoms with Crippen molar-refractivity contribution in [3.05, 3.63) is 65.7 Å². The molecule has 1 unspecified atom stereocenters. The number of rotatable bonds is 10. The molecular formula is C27H36FN3O3Si. The minimum Gasteiger partial charge on any atom is -0.465 e. The van der Waals surface area contributed by atoms with E-state index in [1.165, 1.54) is 12.1 Å². The van der Waals surface area contributed by atoms with Crippen LogP contribution in [-0.4, -0.2) is 41.1 Å². The van der Waals surface area contributed by atoms with Gasteiger partial charge in [0.05, 0.1) is 19.5 Å². The van der Waals surface area contributed by atoms with Gasteiger partial charge in [-0.15, -0.1) is 0 Å². The van der Waals surface area contributed by atoms with Crippen LogP contribution in [0.1, 0.15) is 38.1 Å². The van der Waals surface area contributed by atoms with E-state index < -0.39 is 14.2 Å². The van der Waals surface area contributed by atoms with Crippen LogP contribution in [0.3, 0.4) is 0 Å². The number of hydrogen-bond donors (Lipinski definition) is 2. The molecule has 0 aliphatic carbocycles. The number of hydrogen-bond acceptors (Lipinski definition) is 3. The molecule has 0 aliphatic rings. The van der Waals surface area contributed by atoms with Gasteiger partial charge in [0.15, 0.2) is 0 Å². The van der Waals surface area contributed by atoms with Gasteiger partial charge >= 0.3 is 6.09 Å². The first-order valence-corrected chi connectivity index (χ1v) is 15.6. The maximum atomic E-state index is 13.7. The van der Waals surface area contributed by atoms with Gasteiger partial charge < -0.3 is 19.7 Å². The summed E-state index contributed by atoms with van der Waals surface area (Å²) in [6.45, 7) is 13.9. The van der Waals surface area contributed by atoms with Gasteiger partial charge in [-0.3, -0.25) is 0 Å². The minimum atomic E-state index is -1.50. The molecule has 3 rings (SSSR count). The van der Waals surface area contributed by atoms with Crippen LogP contribution >= 0.6 is 0 Å². The van der Waals surface area contributed by atoms with Crippen molar-refractivity contribution in [1.29, 1.82) is 0 Å². The Hall–Kier alpha value is -2.97. The van der Waals surface area contributed by atoms with Gasteiger partial charge in [0, 0.05) is 29.3 Å². The highest BCUT2D eigenvalue weighted by atomic mass is 28.3. The van der Waals surface area contributed by atoms with E-state index >= 15 is 0 Å². The first-order chi connectivity index (χ1) is 16.5. The number of carboxylic acid groups (broad SMARTS) is 1. The van der Waals surface area contributed by atoms with Gasteiger partial charge in [0.1, 0.15) is 18.4 Å². The maximum absolute atomic E-state index is 13.7. The maximum Gasteiger partial charge on any atom is 0.404 e. The number of imidazole rings is 1. The molecule has 188 valence electrons. The van der Waals surface area contributed by atoms with Gasteiger partial charge in [0.2, 0.25) is 0 Å². The molecule has 0 fully saturated rings. The van der Waals surface area contributed by atoms with Crippen LogP contribution in [0, 0.1) is 5.82 Å². The standard InChI is InChI=1S/C27H36FN3O3Si/c1-18(2)26-30-24(21-10-12-23(28)13-11-21)25(31(26)17-34-19(3)35(4,5)6)22-9-7-8-20(16-22)14-15-29-27(32)33/h7-13,16,18-19,29H,14-15,17H2,1-6H3,(H,32,33). The van der Waals surface area contributed by atoms with Crippen LogP contribution in [0.4, 0.5) is 9.18 Å². The van der Waals surface area contributed by atoms with Crippen molar-refractivity contribution in [2.45, 2.75) is 65.2 Å². The van der Waals surface area contributed by atoms with E-state index in [0.717, 1.165) is 33.9 Å². The Morgan fingerprint density at radius 2 is 1.80 bits per heavy atom. The summed E-state index contributed by atoms with van der Waals surface area (Å²) in [5.41, 5.74) is 4.64. The molecule has 0 aliphatic heterocycles. The zero-order valence-corrected chi connectivity index (χ0v) is 22.4. The molecular weight excluding hydrogens is 461 g/mol. The van der Waals surface area contributed by atoms with Crippen molar-refractivity contribution >= 4 is 14.2 Å². The highest BCUT2D eigenvalue weighted by Crippen LogP contribution is 2.36. The zero-order valence-electron chi connectivity index (χ0n) is 21.4. The Kier molecular flexibility index (Phi) is 8.50. The van der Waals surface area contributed by atoms with Crippen molar-refractivity contribution < 1.29 is 19.0 Å². The lowest BCUT2D eigenvalue weighted by Crippen LogP contribution is -2.38. The van der Waals surface area contributed by atoms with Gasteiger partial charge in [-0.05, 0) is 49.2 Å². The molecule has 6 nitrogen and oxygen atoms in total. The monoisotopic (exact) mass is 497 g/mol. The van der Waals surface area contributed by atoms with Crippen molar-refractivity contribution in [3.8, 4) is 22.5 Å². The van der Waals surface area contributed by atoms with Crippen LogP contribution in [0.15, 0.2) is 48.5 Å². The summed E-state index contributed by atoms with van der Waals surface area (Å²) >= 11 is 0. The number of benzene rings is 2. The Bertz CT molecular complexity index is 1150. The number of ether oxygens (including phenoxy) is 1. The Balaban J connectivity index is 2.12. The Labute approximate surface area is 208 Å². The summed E-state index contributed by atoms with van der Waals surface area (Å²) in [7, 11) is -1.50. The fourth-order valence-electron chi connectivity index (χ4n) is 3.77. The molecule has 2 aromatic carbocycles. The van der Waals surface area contributed by atoms with E-state index in [-0.39, 0.29) is 17.5 Å². The van der Waals surface area contributed by atoms with Crippen molar-refractivity contribution in [2.24, 2.45) is 0 Å². The van der Waals surface area contributed by atoms with E-state index in [0.29, 0.717) is 19.7 Å². The van der Waals surface area contributed by atoms with Gasteiger partial charge in [-0.1, -0.05) is 51.7 Å². The summed E-state index contributed by atoms with van der Waals surface area (Å²) in [5.74, 6) is 0.760. The number of aromatic nitrogens is 2. The first kappa shape index (κ1) is 26.6. The summed E-state index contributed by atoms with van der Waals surface area (Å²) in [4.78, 5) is 15.9. The number of nitrogens with one attached hydrogen (secondary N) is 1. The van der Waals surface area contributed by atoms with Gasteiger partial charge in [-0.25, -0.2) is 14.2 Å². The molecule has 0 bridgehead atoms. The van der Waals surface area contributed by atoms with Gasteiger partial charge in [-0.2, -0.15) is 0 Å². The second kappa shape index (κ2) is 11.2. The molecule has 0 spiro atoms. The highest BCUT2D eigenvalue weighted by Gasteiger charge is 2.26. The van der Waals surface area contributed by atoms with Gasteiger partial charge in [0.25, 0.3) is 0 Å².